The van der Waals surface area contributed by atoms with Crippen LogP contribution in [0.5, 0.6) is 0 Å². The highest BCUT2D eigenvalue weighted by atomic mass is 35.5. The second-order valence-electron chi connectivity index (χ2n) is 9.03. The van der Waals surface area contributed by atoms with Gasteiger partial charge in [-0.1, -0.05) is 23.7 Å². The van der Waals surface area contributed by atoms with Crippen LogP contribution < -0.4 is 0 Å². The molecule has 3 heterocycles. The second kappa shape index (κ2) is 10.6. The molecule has 0 radical (unpaired) electrons. The van der Waals surface area contributed by atoms with Gasteiger partial charge >= 0.3 is 0 Å². The summed E-state index contributed by atoms with van der Waals surface area (Å²) in [6.07, 6.45) is 1.24. The van der Waals surface area contributed by atoms with E-state index in [0.29, 0.717) is 31.1 Å². The summed E-state index contributed by atoms with van der Waals surface area (Å²) >= 11 is 7.61. The lowest BCUT2D eigenvalue weighted by molar-refractivity contribution is -0.132. The largest absolute Gasteiger partial charge is 0.340 e. The molecule has 2 aliphatic heterocycles. The predicted molar refractivity (Wildman–Crippen MR) is 139 cm³/mol. The van der Waals surface area contributed by atoms with Crippen LogP contribution in [0.3, 0.4) is 0 Å². The molecule has 2 aromatic carbocycles. The number of nitrogens with zero attached hydrogens (tertiary/aromatic N) is 3. The van der Waals surface area contributed by atoms with Gasteiger partial charge in [0.15, 0.2) is 0 Å². The molecule has 0 bridgehead atoms. The number of fused-ring (bicyclic) bond motifs is 1. The lowest BCUT2D eigenvalue weighted by Crippen LogP contribution is -2.51. The number of rotatable bonds is 6. The van der Waals surface area contributed by atoms with Crippen molar-refractivity contribution in [2.75, 3.05) is 39.3 Å². The van der Waals surface area contributed by atoms with Gasteiger partial charge in [0, 0.05) is 55.6 Å². The lowest BCUT2D eigenvalue weighted by Gasteiger charge is -2.37. The molecule has 1 fully saturated rings. The summed E-state index contributed by atoms with van der Waals surface area (Å²) in [5, 5.41) is 2.55. The van der Waals surface area contributed by atoms with Crippen LogP contribution in [0.2, 0.25) is 5.02 Å². The predicted octanol–water partition coefficient (Wildman–Crippen LogP) is 4.41. The third kappa shape index (κ3) is 5.21. The molecule has 1 saturated heterocycles. The zero-order valence-corrected chi connectivity index (χ0v) is 22.0. The van der Waals surface area contributed by atoms with Crippen molar-refractivity contribution in [3.8, 4) is 0 Å². The molecule has 1 atom stereocenters. The first-order chi connectivity index (χ1) is 17.3. The van der Waals surface area contributed by atoms with Crippen molar-refractivity contribution in [3.05, 3.63) is 86.8 Å². The molecule has 5 rings (SSSR count). The van der Waals surface area contributed by atoms with Gasteiger partial charge < -0.3 is 4.90 Å². The number of hydrogen-bond acceptors (Lipinski definition) is 5. The van der Waals surface area contributed by atoms with Crippen LogP contribution in [-0.4, -0.2) is 67.7 Å². The van der Waals surface area contributed by atoms with Gasteiger partial charge in [-0.2, -0.15) is 4.31 Å². The number of amides is 1. The van der Waals surface area contributed by atoms with E-state index in [1.165, 1.54) is 32.9 Å². The van der Waals surface area contributed by atoms with Gasteiger partial charge in [-0.05, 0) is 65.4 Å². The molecule has 1 aromatic heterocycles. The van der Waals surface area contributed by atoms with E-state index >= 15 is 0 Å². The van der Waals surface area contributed by atoms with Crippen LogP contribution >= 0.6 is 22.9 Å². The normalized spacial score (nSPS) is 19.3. The molecule has 36 heavy (non-hydrogen) atoms. The molecule has 10 heteroatoms. The first-order valence-electron chi connectivity index (χ1n) is 11.9. The van der Waals surface area contributed by atoms with Crippen molar-refractivity contribution >= 4 is 38.9 Å². The fourth-order valence-corrected chi connectivity index (χ4v) is 7.46. The average Bonchev–Trinajstić information content (AvgIpc) is 3.36. The maximum absolute atomic E-state index is 14.0. The quantitative estimate of drug-likeness (QED) is 0.459. The van der Waals surface area contributed by atoms with E-state index in [2.05, 4.69) is 16.3 Å². The van der Waals surface area contributed by atoms with E-state index in [1.807, 2.05) is 6.07 Å². The van der Waals surface area contributed by atoms with E-state index in [9.17, 15) is 17.6 Å². The molecule has 190 valence electrons. The monoisotopic (exact) mass is 547 g/mol. The van der Waals surface area contributed by atoms with Gasteiger partial charge in [-0.3, -0.25) is 9.69 Å². The number of carbonyl (C=O) groups is 1. The standard InChI is InChI=1S/C26H27ClFN3O3S2/c27-20-4-6-22(7-5-20)36(33,34)31-15-13-29(14-16-31)25(32)9-12-30-11-8-24-23(10-17-35-24)26(30)19-2-1-3-21(28)18-19/h1-7,10,17-18,26H,8-9,11-16H2/t26-/m1/s1. The van der Waals surface area contributed by atoms with E-state index in [-0.39, 0.29) is 35.8 Å². The summed E-state index contributed by atoms with van der Waals surface area (Å²) in [7, 11) is -3.62. The van der Waals surface area contributed by atoms with Gasteiger partial charge in [0.05, 0.1) is 10.9 Å². The van der Waals surface area contributed by atoms with Gasteiger partial charge in [-0.15, -0.1) is 11.3 Å². The van der Waals surface area contributed by atoms with Crippen LogP contribution in [0.4, 0.5) is 4.39 Å². The highest BCUT2D eigenvalue weighted by Crippen LogP contribution is 2.38. The van der Waals surface area contributed by atoms with Crippen LogP contribution in [0.1, 0.15) is 28.5 Å². The Morgan fingerprint density at radius 3 is 2.50 bits per heavy atom. The SMILES string of the molecule is O=C(CCN1CCc2sccc2[C@H]1c1cccc(F)c1)N1CCN(S(=O)(=O)c2ccc(Cl)cc2)CC1. The van der Waals surface area contributed by atoms with Crippen molar-refractivity contribution in [3.63, 3.8) is 0 Å². The number of hydrogen-bond donors (Lipinski definition) is 0. The number of benzene rings is 2. The molecule has 1 amide bonds. The van der Waals surface area contributed by atoms with Crippen LogP contribution in [0, 0.1) is 5.82 Å². The maximum Gasteiger partial charge on any atom is 0.243 e. The first kappa shape index (κ1) is 25.4. The van der Waals surface area contributed by atoms with E-state index < -0.39 is 10.0 Å². The zero-order chi connectivity index (χ0) is 25.3. The minimum Gasteiger partial charge on any atom is -0.340 e. The van der Waals surface area contributed by atoms with Crippen molar-refractivity contribution in [1.29, 1.82) is 0 Å². The molecule has 0 saturated carbocycles. The van der Waals surface area contributed by atoms with Gasteiger partial charge in [0.25, 0.3) is 0 Å². The molecule has 0 aliphatic carbocycles. The van der Waals surface area contributed by atoms with Crippen LogP contribution in [0.15, 0.2) is 64.9 Å². The van der Waals surface area contributed by atoms with Crippen molar-refractivity contribution in [2.45, 2.75) is 23.8 Å². The summed E-state index contributed by atoms with van der Waals surface area (Å²) in [6, 6.07) is 14.8. The summed E-state index contributed by atoms with van der Waals surface area (Å²) in [6.45, 7) is 2.57. The molecule has 6 nitrogen and oxygen atoms in total. The highest BCUT2D eigenvalue weighted by Gasteiger charge is 2.32. The van der Waals surface area contributed by atoms with Gasteiger partial charge in [-0.25, -0.2) is 12.8 Å². The topological polar surface area (TPSA) is 60.9 Å². The molecule has 0 N–H and O–H groups in total. The van der Waals surface area contributed by atoms with Crippen molar-refractivity contribution in [1.82, 2.24) is 14.1 Å². The Kier molecular flexibility index (Phi) is 7.46. The smallest absolute Gasteiger partial charge is 0.243 e. The van der Waals surface area contributed by atoms with Crippen molar-refractivity contribution < 1.29 is 17.6 Å². The summed E-state index contributed by atoms with van der Waals surface area (Å²) in [5.74, 6) is -0.259. The third-order valence-corrected chi connectivity index (χ3v) is 10.0. The Balaban J connectivity index is 1.21. The number of thiophene rings is 1. The Bertz CT molecular complexity index is 1340. The van der Waals surface area contributed by atoms with E-state index in [0.717, 1.165) is 18.5 Å². The fourth-order valence-electron chi connectivity index (χ4n) is 5.01. The molecule has 0 unspecified atom stereocenters. The van der Waals surface area contributed by atoms with Gasteiger partial charge in [0.2, 0.25) is 15.9 Å². The third-order valence-electron chi connectivity index (χ3n) is 6.89. The highest BCUT2D eigenvalue weighted by molar-refractivity contribution is 7.89. The number of sulfonamides is 1. The molecular formula is C26H27ClFN3O3S2. The number of halogens is 2. The molecule has 3 aromatic rings. The summed E-state index contributed by atoms with van der Waals surface area (Å²) < 4.78 is 41.3. The average molecular weight is 548 g/mol. The Labute approximate surface area is 219 Å². The Morgan fingerprint density at radius 2 is 1.78 bits per heavy atom. The van der Waals surface area contributed by atoms with Crippen LogP contribution in [0.25, 0.3) is 0 Å². The maximum atomic E-state index is 14.0. The molecule has 0 spiro atoms. The van der Waals surface area contributed by atoms with E-state index in [4.69, 9.17) is 11.6 Å². The Hall–Kier alpha value is -2.30. The minimum atomic E-state index is -3.62. The van der Waals surface area contributed by atoms with Gasteiger partial charge in [0.1, 0.15) is 5.82 Å². The molecule has 2 aliphatic rings. The zero-order valence-electron chi connectivity index (χ0n) is 19.6. The fraction of sp³-hybridized carbons (Fsp3) is 0.346. The number of piperazine rings is 1. The van der Waals surface area contributed by atoms with Crippen LogP contribution in [-0.2, 0) is 21.2 Å². The minimum absolute atomic E-state index is 0.00708. The van der Waals surface area contributed by atoms with E-state index in [1.54, 1.807) is 40.5 Å². The number of carbonyl (C=O) groups excluding carboxylic acids is 1. The Morgan fingerprint density at radius 1 is 1.03 bits per heavy atom. The summed E-state index contributed by atoms with van der Waals surface area (Å²) in [4.78, 5) is 18.6. The lowest BCUT2D eigenvalue weighted by atomic mass is 9.93. The molecular weight excluding hydrogens is 521 g/mol. The van der Waals surface area contributed by atoms with Crippen molar-refractivity contribution in [2.24, 2.45) is 0 Å². The first-order valence-corrected chi connectivity index (χ1v) is 14.6. The summed E-state index contributed by atoms with van der Waals surface area (Å²) in [5.41, 5.74) is 2.08. The second-order valence-corrected chi connectivity index (χ2v) is 12.4.